The van der Waals surface area contributed by atoms with E-state index >= 15 is 0 Å². The predicted molar refractivity (Wildman–Crippen MR) is 54.6 cm³/mol. The van der Waals surface area contributed by atoms with Crippen LogP contribution in [-0.2, 0) is 19.3 Å². The summed E-state index contributed by atoms with van der Waals surface area (Å²) < 4.78 is 31.7. The van der Waals surface area contributed by atoms with Crippen LogP contribution in [0.15, 0.2) is 0 Å². The standard InChI is InChI=1S/C6H15NO6.C2HF3O2/c8-1-4-11-7(12-5-2-9)13-6-3-10;3-2(4,5)1(6)7/h8-10H,1-6H2;(H,6,7). The maximum Gasteiger partial charge on any atom is 0.490 e. The van der Waals surface area contributed by atoms with Gasteiger partial charge in [0.15, 0.2) is 0 Å². The van der Waals surface area contributed by atoms with Crippen LogP contribution in [0.5, 0.6) is 0 Å². The molecule has 0 amide bonds. The number of aliphatic hydroxyl groups is 3. The number of rotatable bonds is 9. The molecule has 0 spiro atoms. The molecule has 0 unspecified atom stereocenters. The molecule has 0 rings (SSSR count). The number of alkyl halides is 3. The van der Waals surface area contributed by atoms with Crippen molar-refractivity contribution < 1.29 is 52.9 Å². The molecule has 9 nitrogen and oxygen atoms in total. The van der Waals surface area contributed by atoms with Gasteiger partial charge in [0, 0.05) is 0 Å². The normalized spacial score (nSPS) is 11.2. The van der Waals surface area contributed by atoms with Crippen molar-refractivity contribution in [2.75, 3.05) is 39.6 Å². The van der Waals surface area contributed by atoms with Crippen molar-refractivity contribution in [3.63, 3.8) is 0 Å². The Balaban J connectivity index is 0. The maximum atomic E-state index is 10.6. The SMILES string of the molecule is O=C(O)C(F)(F)F.OCCON(OCCO)OCCO. The topological polar surface area (TPSA) is 129 Å². The zero-order valence-electron chi connectivity index (χ0n) is 10.2. The molecule has 0 aliphatic rings. The summed E-state index contributed by atoms with van der Waals surface area (Å²) in [6.45, 7) is -0.505. The first-order valence-corrected chi connectivity index (χ1v) is 5.11. The third kappa shape index (κ3) is 15.0. The van der Waals surface area contributed by atoms with Gasteiger partial charge < -0.3 is 20.4 Å². The molecule has 0 fully saturated rings. The van der Waals surface area contributed by atoms with Crippen LogP contribution in [-0.4, -0.2) is 77.6 Å². The van der Waals surface area contributed by atoms with Crippen LogP contribution in [0.2, 0.25) is 0 Å². The highest BCUT2D eigenvalue weighted by Crippen LogP contribution is 2.13. The number of aliphatic hydroxyl groups excluding tert-OH is 3. The fourth-order valence-electron chi connectivity index (χ4n) is 0.458. The number of hydrogen-bond donors (Lipinski definition) is 4. The Kier molecular flexibility index (Phi) is 13.8. The average molecular weight is 311 g/mol. The summed E-state index contributed by atoms with van der Waals surface area (Å²) in [5.74, 6) is -2.76. The molecule has 0 saturated carbocycles. The van der Waals surface area contributed by atoms with E-state index in [-0.39, 0.29) is 39.6 Å². The summed E-state index contributed by atoms with van der Waals surface area (Å²) in [7, 11) is 0. The molecular weight excluding hydrogens is 295 g/mol. The number of hydrogen-bond acceptors (Lipinski definition) is 8. The minimum Gasteiger partial charge on any atom is -0.475 e. The highest BCUT2D eigenvalue weighted by atomic mass is 19.4. The van der Waals surface area contributed by atoms with Crippen molar-refractivity contribution in [3.8, 4) is 0 Å². The lowest BCUT2D eigenvalue weighted by molar-refractivity contribution is -0.527. The number of halogens is 3. The van der Waals surface area contributed by atoms with Gasteiger partial charge in [0.05, 0.1) is 45.0 Å². The molecule has 0 aromatic rings. The Hall–Kier alpha value is -1.02. The predicted octanol–water partition coefficient (Wildman–Crippen LogP) is -1.31. The Morgan fingerprint density at radius 3 is 1.30 bits per heavy atom. The van der Waals surface area contributed by atoms with Crippen LogP contribution in [0.4, 0.5) is 13.2 Å². The van der Waals surface area contributed by atoms with E-state index in [0.717, 1.165) is 0 Å². The Morgan fingerprint density at radius 2 is 1.15 bits per heavy atom. The van der Waals surface area contributed by atoms with Gasteiger partial charge in [0.2, 0.25) is 0 Å². The van der Waals surface area contributed by atoms with Crippen LogP contribution in [0.25, 0.3) is 0 Å². The monoisotopic (exact) mass is 311 g/mol. The summed E-state index contributed by atoms with van der Waals surface area (Å²) in [6, 6.07) is 0. The number of carbonyl (C=O) groups is 1. The van der Waals surface area contributed by atoms with Gasteiger partial charge in [-0.2, -0.15) is 13.2 Å². The zero-order chi connectivity index (χ0) is 16.0. The Bertz CT molecular complexity index is 221. The van der Waals surface area contributed by atoms with Crippen LogP contribution < -0.4 is 0 Å². The van der Waals surface area contributed by atoms with E-state index in [1.165, 1.54) is 0 Å². The van der Waals surface area contributed by atoms with Crippen molar-refractivity contribution in [1.29, 1.82) is 0 Å². The molecule has 0 bridgehead atoms. The van der Waals surface area contributed by atoms with Gasteiger partial charge >= 0.3 is 12.1 Å². The van der Waals surface area contributed by atoms with Gasteiger partial charge in [0.1, 0.15) is 0 Å². The summed E-state index contributed by atoms with van der Waals surface area (Å²) >= 11 is 0. The second-order valence-corrected chi connectivity index (χ2v) is 2.70. The van der Waals surface area contributed by atoms with Gasteiger partial charge in [-0.15, -0.1) is 0 Å². The molecule has 122 valence electrons. The van der Waals surface area contributed by atoms with Crippen molar-refractivity contribution in [2.45, 2.75) is 6.18 Å². The van der Waals surface area contributed by atoms with E-state index < -0.39 is 12.1 Å². The van der Waals surface area contributed by atoms with Crippen LogP contribution in [0, 0.1) is 0 Å². The van der Waals surface area contributed by atoms with Gasteiger partial charge in [-0.1, -0.05) is 0 Å². The molecule has 0 aromatic heterocycles. The fraction of sp³-hybridized carbons (Fsp3) is 0.875. The molecule has 20 heavy (non-hydrogen) atoms. The Labute approximate surface area is 111 Å². The number of carboxylic acid groups (broad SMARTS) is 1. The first kappa shape index (κ1) is 21.3. The lowest BCUT2D eigenvalue weighted by atomic mass is 10.7. The maximum absolute atomic E-state index is 10.6. The second kappa shape index (κ2) is 13.0. The minimum absolute atomic E-state index is 0.0108. The van der Waals surface area contributed by atoms with Crippen LogP contribution >= 0.6 is 0 Å². The van der Waals surface area contributed by atoms with E-state index in [2.05, 4.69) is 0 Å². The summed E-state index contributed by atoms with van der Waals surface area (Å²) in [4.78, 5) is 23.0. The number of aliphatic carboxylic acids is 1. The summed E-state index contributed by atoms with van der Waals surface area (Å²) in [6.07, 6.45) is -5.08. The molecule has 0 aromatic carbocycles. The summed E-state index contributed by atoms with van der Waals surface area (Å²) in [5, 5.41) is 33.0. The van der Waals surface area contributed by atoms with Gasteiger partial charge in [-0.05, 0) is 0 Å². The molecule has 0 saturated heterocycles. The lowest BCUT2D eigenvalue weighted by Crippen LogP contribution is -2.28. The molecule has 0 heterocycles. The van der Waals surface area contributed by atoms with Gasteiger partial charge in [-0.25, -0.2) is 19.3 Å². The van der Waals surface area contributed by atoms with Crippen molar-refractivity contribution >= 4 is 5.97 Å². The molecule has 12 heteroatoms. The second-order valence-electron chi connectivity index (χ2n) is 2.70. The van der Waals surface area contributed by atoms with Crippen LogP contribution in [0.3, 0.4) is 0 Å². The average Bonchev–Trinajstić information content (AvgIpc) is 2.37. The molecule has 0 aliphatic heterocycles. The van der Waals surface area contributed by atoms with Crippen molar-refractivity contribution in [2.24, 2.45) is 0 Å². The molecule has 0 atom stereocenters. The highest BCUT2D eigenvalue weighted by molar-refractivity contribution is 5.73. The third-order valence-electron chi connectivity index (χ3n) is 1.11. The van der Waals surface area contributed by atoms with Crippen molar-refractivity contribution in [3.05, 3.63) is 0 Å². The van der Waals surface area contributed by atoms with Gasteiger partial charge in [-0.3, -0.25) is 0 Å². The molecular formula is C8H16F3NO8. The first-order valence-electron chi connectivity index (χ1n) is 5.11. The highest BCUT2D eigenvalue weighted by Gasteiger charge is 2.38. The fourth-order valence-corrected chi connectivity index (χ4v) is 0.458. The lowest BCUT2D eigenvalue weighted by Gasteiger charge is -2.17. The van der Waals surface area contributed by atoms with Crippen LogP contribution in [0.1, 0.15) is 0 Å². The smallest absolute Gasteiger partial charge is 0.475 e. The third-order valence-corrected chi connectivity index (χ3v) is 1.11. The Morgan fingerprint density at radius 1 is 0.900 bits per heavy atom. The number of carboxylic acids is 1. The number of nitrogens with zero attached hydrogens (tertiary/aromatic N) is 1. The van der Waals surface area contributed by atoms with E-state index in [0.29, 0.717) is 5.39 Å². The molecule has 0 radical (unpaired) electrons. The minimum atomic E-state index is -5.08. The first-order chi connectivity index (χ1) is 9.29. The van der Waals surface area contributed by atoms with E-state index in [9.17, 15) is 13.2 Å². The van der Waals surface area contributed by atoms with E-state index in [4.69, 9.17) is 39.7 Å². The molecule has 4 N–H and O–H groups in total. The zero-order valence-corrected chi connectivity index (χ0v) is 10.2. The quantitative estimate of drug-likeness (QED) is 0.384. The van der Waals surface area contributed by atoms with Gasteiger partial charge in [0.25, 0.3) is 0 Å². The molecule has 0 aliphatic carbocycles. The van der Waals surface area contributed by atoms with E-state index in [1.54, 1.807) is 0 Å². The van der Waals surface area contributed by atoms with E-state index in [1.807, 2.05) is 0 Å². The summed E-state index contributed by atoms with van der Waals surface area (Å²) in [5.41, 5.74) is 0. The van der Waals surface area contributed by atoms with Crippen molar-refractivity contribution in [1.82, 2.24) is 5.39 Å². The largest absolute Gasteiger partial charge is 0.490 e.